The second-order valence-corrected chi connectivity index (χ2v) is 7.04. The van der Waals surface area contributed by atoms with Crippen LogP contribution in [0.1, 0.15) is 97.8 Å². The van der Waals surface area contributed by atoms with Gasteiger partial charge in [0, 0.05) is 12.6 Å². The fourth-order valence-corrected chi connectivity index (χ4v) is 2.75. The highest BCUT2D eigenvalue weighted by Crippen LogP contribution is 2.29. The van der Waals surface area contributed by atoms with Crippen LogP contribution in [-0.2, 0) is 0 Å². The Balaban J connectivity index is 1.95. The van der Waals surface area contributed by atoms with Crippen LogP contribution in [0.2, 0.25) is 0 Å². The van der Waals surface area contributed by atoms with Crippen molar-refractivity contribution >= 4 is 0 Å². The lowest BCUT2D eigenvalue weighted by atomic mass is 9.82. The van der Waals surface area contributed by atoms with Crippen LogP contribution in [0.25, 0.3) is 0 Å². The summed E-state index contributed by atoms with van der Waals surface area (Å²) in [5.74, 6) is 0. The average Bonchev–Trinajstić information content (AvgIpc) is 3.24. The Morgan fingerprint density at radius 3 is 2.00 bits per heavy atom. The van der Waals surface area contributed by atoms with E-state index in [0.717, 1.165) is 6.04 Å². The molecule has 0 amide bonds. The Morgan fingerprint density at radius 1 is 0.895 bits per heavy atom. The van der Waals surface area contributed by atoms with Gasteiger partial charge in [0.2, 0.25) is 0 Å². The molecule has 1 saturated carbocycles. The molecule has 114 valence electrons. The van der Waals surface area contributed by atoms with E-state index in [0.29, 0.717) is 5.41 Å². The van der Waals surface area contributed by atoms with E-state index in [-0.39, 0.29) is 0 Å². The Morgan fingerprint density at radius 2 is 1.47 bits per heavy atom. The van der Waals surface area contributed by atoms with E-state index in [1.165, 1.54) is 83.6 Å². The van der Waals surface area contributed by atoms with Gasteiger partial charge in [-0.2, -0.15) is 0 Å². The molecule has 1 N–H and O–H groups in total. The highest BCUT2D eigenvalue weighted by Gasteiger charge is 2.26. The van der Waals surface area contributed by atoms with Gasteiger partial charge in [-0.05, 0) is 31.1 Å². The van der Waals surface area contributed by atoms with Crippen molar-refractivity contribution in [2.45, 2.75) is 104 Å². The maximum atomic E-state index is 3.72. The molecule has 1 atom stereocenters. The fourth-order valence-electron chi connectivity index (χ4n) is 2.75. The molecule has 0 aromatic rings. The van der Waals surface area contributed by atoms with E-state index in [9.17, 15) is 0 Å². The molecular formula is C18H37N. The summed E-state index contributed by atoms with van der Waals surface area (Å²) in [6.07, 6.45) is 17.1. The molecule has 1 rings (SSSR count). The molecule has 1 fully saturated rings. The number of unbranched alkanes of at least 4 members (excludes halogenated alkanes) is 7. The third-order valence-electron chi connectivity index (χ3n) is 4.88. The van der Waals surface area contributed by atoms with E-state index < -0.39 is 0 Å². The van der Waals surface area contributed by atoms with Crippen molar-refractivity contribution in [2.24, 2.45) is 5.41 Å². The van der Waals surface area contributed by atoms with Crippen LogP contribution in [0.5, 0.6) is 0 Å². The molecule has 1 nitrogen and oxygen atoms in total. The van der Waals surface area contributed by atoms with Crippen molar-refractivity contribution in [3.63, 3.8) is 0 Å². The topological polar surface area (TPSA) is 12.0 Å². The zero-order chi connectivity index (χ0) is 14.0. The minimum absolute atomic E-state index is 0.546. The second kappa shape index (κ2) is 9.80. The first kappa shape index (κ1) is 17.0. The van der Waals surface area contributed by atoms with Gasteiger partial charge in [0.1, 0.15) is 0 Å². The molecule has 1 aliphatic rings. The van der Waals surface area contributed by atoms with Gasteiger partial charge in [-0.3, -0.25) is 0 Å². The van der Waals surface area contributed by atoms with Crippen molar-refractivity contribution in [3.05, 3.63) is 0 Å². The summed E-state index contributed by atoms with van der Waals surface area (Å²) in [4.78, 5) is 0. The summed E-state index contributed by atoms with van der Waals surface area (Å²) < 4.78 is 0. The number of nitrogens with one attached hydrogen (secondary N) is 1. The Hall–Kier alpha value is -0.0400. The van der Waals surface area contributed by atoms with Crippen molar-refractivity contribution in [1.82, 2.24) is 5.32 Å². The van der Waals surface area contributed by atoms with Crippen molar-refractivity contribution < 1.29 is 0 Å². The molecule has 0 heterocycles. The van der Waals surface area contributed by atoms with Gasteiger partial charge in [0.05, 0.1) is 0 Å². The lowest BCUT2D eigenvalue weighted by Gasteiger charge is -2.29. The van der Waals surface area contributed by atoms with Crippen LogP contribution in [0, 0.1) is 5.41 Å². The summed E-state index contributed by atoms with van der Waals surface area (Å²) in [7, 11) is 0. The smallest absolute Gasteiger partial charge is 0.00684 e. The van der Waals surface area contributed by atoms with Gasteiger partial charge in [0.25, 0.3) is 0 Å². The molecule has 1 unspecified atom stereocenters. The second-order valence-electron chi connectivity index (χ2n) is 7.04. The van der Waals surface area contributed by atoms with Crippen LogP contribution in [0.3, 0.4) is 0 Å². The van der Waals surface area contributed by atoms with Crippen molar-refractivity contribution in [3.8, 4) is 0 Å². The third-order valence-corrected chi connectivity index (χ3v) is 4.88. The first-order chi connectivity index (χ1) is 9.20. The van der Waals surface area contributed by atoms with Gasteiger partial charge in [-0.25, -0.2) is 0 Å². The number of hydrogen-bond acceptors (Lipinski definition) is 1. The Bertz CT molecular complexity index is 210. The zero-order valence-electron chi connectivity index (χ0n) is 13.8. The maximum absolute atomic E-state index is 3.72. The Labute approximate surface area is 121 Å². The van der Waals surface area contributed by atoms with Gasteiger partial charge >= 0.3 is 0 Å². The minimum atomic E-state index is 0.546. The molecular weight excluding hydrogens is 230 g/mol. The van der Waals surface area contributed by atoms with Crippen LogP contribution in [0.15, 0.2) is 0 Å². The molecule has 0 aromatic heterocycles. The molecule has 0 aliphatic heterocycles. The molecule has 1 aliphatic carbocycles. The molecule has 0 radical (unpaired) electrons. The highest BCUT2D eigenvalue weighted by atomic mass is 15.0. The summed E-state index contributed by atoms with van der Waals surface area (Å²) in [5, 5.41) is 3.72. The minimum Gasteiger partial charge on any atom is -0.313 e. The van der Waals surface area contributed by atoms with Crippen LogP contribution in [-0.4, -0.2) is 12.6 Å². The predicted molar refractivity (Wildman–Crippen MR) is 86.6 cm³/mol. The van der Waals surface area contributed by atoms with Gasteiger partial charge in [-0.15, -0.1) is 0 Å². The van der Waals surface area contributed by atoms with E-state index in [1.807, 2.05) is 0 Å². The first-order valence-corrected chi connectivity index (χ1v) is 8.93. The quantitative estimate of drug-likeness (QED) is 0.423. The van der Waals surface area contributed by atoms with Crippen LogP contribution >= 0.6 is 0 Å². The maximum Gasteiger partial charge on any atom is 0.00684 e. The zero-order valence-corrected chi connectivity index (χ0v) is 13.8. The standard InChI is InChI=1S/C18H37N/c1-4-6-7-8-9-10-11-12-15-18(3,5-2)16-19-17-13-14-17/h17,19H,4-16H2,1-3H3. The summed E-state index contributed by atoms with van der Waals surface area (Å²) in [6, 6.07) is 0.865. The molecule has 1 heteroatoms. The first-order valence-electron chi connectivity index (χ1n) is 8.93. The average molecular weight is 268 g/mol. The molecule has 0 saturated heterocycles. The van der Waals surface area contributed by atoms with E-state index in [4.69, 9.17) is 0 Å². The van der Waals surface area contributed by atoms with Gasteiger partial charge < -0.3 is 5.32 Å². The van der Waals surface area contributed by atoms with Crippen molar-refractivity contribution in [2.75, 3.05) is 6.54 Å². The van der Waals surface area contributed by atoms with E-state index in [2.05, 4.69) is 26.1 Å². The van der Waals surface area contributed by atoms with Gasteiger partial charge in [-0.1, -0.05) is 72.1 Å². The number of rotatable bonds is 13. The third kappa shape index (κ3) is 8.68. The Kier molecular flexibility index (Phi) is 8.77. The highest BCUT2D eigenvalue weighted by molar-refractivity contribution is 4.85. The molecule has 0 bridgehead atoms. The normalized spacial score (nSPS) is 18.5. The summed E-state index contributed by atoms with van der Waals surface area (Å²) in [5.41, 5.74) is 0.546. The SMILES string of the molecule is CCCCCCCCCCC(C)(CC)CNC1CC1. The van der Waals surface area contributed by atoms with Crippen LogP contribution in [0.4, 0.5) is 0 Å². The lowest BCUT2D eigenvalue weighted by Crippen LogP contribution is -2.32. The number of hydrogen-bond donors (Lipinski definition) is 1. The lowest BCUT2D eigenvalue weighted by molar-refractivity contribution is 0.258. The largest absolute Gasteiger partial charge is 0.313 e. The molecule has 0 spiro atoms. The monoisotopic (exact) mass is 267 g/mol. The van der Waals surface area contributed by atoms with Gasteiger partial charge in [0.15, 0.2) is 0 Å². The van der Waals surface area contributed by atoms with Crippen molar-refractivity contribution in [1.29, 1.82) is 0 Å². The molecule has 19 heavy (non-hydrogen) atoms. The van der Waals surface area contributed by atoms with Crippen LogP contribution < -0.4 is 5.32 Å². The summed E-state index contributed by atoms with van der Waals surface area (Å²) >= 11 is 0. The van der Waals surface area contributed by atoms with E-state index in [1.54, 1.807) is 0 Å². The van der Waals surface area contributed by atoms with E-state index >= 15 is 0 Å². The fraction of sp³-hybridized carbons (Fsp3) is 1.00. The molecule has 0 aromatic carbocycles. The predicted octanol–water partition coefficient (Wildman–Crippen LogP) is 5.69. The summed E-state index contributed by atoms with van der Waals surface area (Å²) in [6.45, 7) is 8.37.